The summed E-state index contributed by atoms with van der Waals surface area (Å²) in [6.45, 7) is 7.95. The van der Waals surface area contributed by atoms with Crippen molar-refractivity contribution in [3.63, 3.8) is 0 Å². The van der Waals surface area contributed by atoms with E-state index in [-0.39, 0.29) is 0 Å². The first-order valence-electron chi connectivity index (χ1n) is 18.0. The Labute approximate surface area is 277 Å². The minimum atomic E-state index is -2.89. The molecule has 1 aliphatic heterocycles. The molecule has 1 saturated heterocycles. The summed E-state index contributed by atoms with van der Waals surface area (Å²) < 4.78 is 16.2. The molecule has 234 valence electrons. The number of para-hydroxylation sites is 2. The molecule has 5 aromatic rings. The van der Waals surface area contributed by atoms with Crippen LogP contribution in [0.4, 0.5) is 0 Å². The van der Waals surface area contributed by atoms with Crippen LogP contribution in [0.3, 0.4) is 0 Å². The van der Waals surface area contributed by atoms with Gasteiger partial charge in [-0.1, -0.05) is 0 Å². The van der Waals surface area contributed by atoms with Crippen LogP contribution in [0.5, 0.6) is 0 Å². The molecule has 0 N–H and O–H groups in total. The fourth-order valence-corrected chi connectivity index (χ4v) is 27.7. The van der Waals surface area contributed by atoms with Gasteiger partial charge in [-0.2, -0.15) is 0 Å². The van der Waals surface area contributed by atoms with Gasteiger partial charge in [-0.25, -0.2) is 0 Å². The molecule has 45 heavy (non-hydrogen) atoms. The van der Waals surface area contributed by atoms with E-state index < -0.39 is 23.9 Å². The molecule has 1 aromatic heterocycles. The monoisotopic (exact) mass is 706 g/mol. The second kappa shape index (κ2) is 14.7. The number of fused-ring (bicyclic) bond motifs is 1. The van der Waals surface area contributed by atoms with Crippen molar-refractivity contribution < 1.29 is 1.37 Å². The minimum absolute atomic E-state index is 0.337. The van der Waals surface area contributed by atoms with Crippen molar-refractivity contribution >= 4 is 29.4 Å². The molecular formula is C41H51N3Sn. The summed E-state index contributed by atoms with van der Waals surface area (Å²) in [5.74, 6) is 0. The topological polar surface area (TPSA) is 20.8 Å². The Morgan fingerprint density at radius 1 is 0.644 bits per heavy atom. The van der Waals surface area contributed by atoms with Crippen molar-refractivity contribution in [3.8, 4) is 0 Å². The van der Waals surface area contributed by atoms with E-state index in [9.17, 15) is 0 Å². The van der Waals surface area contributed by atoms with Crippen LogP contribution in [-0.2, 0) is 12.1 Å². The van der Waals surface area contributed by atoms with E-state index in [0.29, 0.717) is 16.4 Å². The van der Waals surface area contributed by atoms with E-state index in [1.807, 2.05) is 6.07 Å². The van der Waals surface area contributed by atoms with Crippen LogP contribution in [0.15, 0.2) is 122 Å². The normalized spacial score (nSPS) is 18.6. The zero-order chi connectivity index (χ0) is 32.0. The van der Waals surface area contributed by atoms with E-state index >= 15 is 0 Å². The van der Waals surface area contributed by atoms with Crippen LogP contribution >= 0.6 is 0 Å². The first-order valence-corrected chi connectivity index (χ1v) is 25.2. The SMILES string of the molecule is [2H]c1nc2ccccc2n1C[C@H]1[C@@H]([Sn]([CH2]CCC)([CH2]CCC)[CH2]CCC)N1C(c1ccccc1)(c1ccccc1)c1ccccc1. The standard InChI is InChI=1S/C29H24N3.3C4H9.Sn/c1-4-12-23(13-5-1)29(24-14-6-2-7-15-24,25-16-8-3-9-17-25)32-21-26(32)20-31-22-30-27-18-10-11-19-28(27)31;3*1-3-4-2;/h1-19,21-22,26H,20H2;3*1,3-4H2,2H3;/t26-,32?;;;;/m0..../s1/i22D;;;;. The van der Waals surface area contributed by atoms with E-state index in [4.69, 9.17) is 6.35 Å². The number of hydrogen-bond acceptors (Lipinski definition) is 2. The van der Waals surface area contributed by atoms with Crippen molar-refractivity contribution in [2.24, 2.45) is 0 Å². The van der Waals surface area contributed by atoms with Crippen LogP contribution in [-0.4, -0.2) is 42.9 Å². The van der Waals surface area contributed by atoms with Crippen LogP contribution < -0.4 is 0 Å². The number of aromatic nitrogens is 2. The predicted octanol–water partition coefficient (Wildman–Crippen LogP) is 10.5. The zero-order valence-corrected chi connectivity index (χ0v) is 30.4. The van der Waals surface area contributed by atoms with Gasteiger partial charge in [0.05, 0.1) is 0 Å². The molecule has 3 atom stereocenters. The Kier molecular flexibility index (Phi) is 10.0. The number of nitrogens with zero attached hydrogens (tertiary/aromatic N) is 3. The van der Waals surface area contributed by atoms with Crippen molar-refractivity contribution in [3.05, 3.63) is 138 Å². The maximum absolute atomic E-state index is 9.04. The first-order chi connectivity index (χ1) is 22.6. The molecule has 1 aliphatic rings. The third-order valence-corrected chi connectivity index (χ3v) is 27.5. The molecule has 0 amide bonds. The summed E-state index contributed by atoms with van der Waals surface area (Å²) in [6, 6.07) is 42.6. The molecule has 0 aliphatic carbocycles. The quantitative estimate of drug-likeness (QED) is 0.0579. The molecule has 0 saturated carbocycles. The average molecular weight is 706 g/mol. The van der Waals surface area contributed by atoms with Gasteiger partial charge in [-0.05, 0) is 0 Å². The first kappa shape index (κ1) is 30.7. The molecule has 0 spiro atoms. The number of benzene rings is 4. The molecule has 1 unspecified atom stereocenters. The number of imidazole rings is 1. The zero-order valence-electron chi connectivity index (χ0n) is 28.5. The van der Waals surface area contributed by atoms with Crippen molar-refractivity contribution in [1.82, 2.24) is 14.5 Å². The molecule has 0 bridgehead atoms. The summed E-state index contributed by atoms with van der Waals surface area (Å²) in [6.07, 6.45) is 8.19. The van der Waals surface area contributed by atoms with E-state index in [1.165, 1.54) is 68.5 Å². The summed E-state index contributed by atoms with van der Waals surface area (Å²) in [5, 5.41) is 0. The molecule has 2 heterocycles. The molecule has 3 nitrogen and oxygen atoms in total. The fraction of sp³-hybridized carbons (Fsp3) is 0.390. The van der Waals surface area contributed by atoms with Gasteiger partial charge in [0.15, 0.2) is 0 Å². The van der Waals surface area contributed by atoms with E-state index in [0.717, 1.165) is 17.6 Å². The Balaban J connectivity index is 1.62. The molecule has 4 heteroatoms. The Morgan fingerprint density at radius 2 is 1.09 bits per heavy atom. The molecular weight excluding hydrogens is 653 g/mol. The van der Waals surface area contributed by atoms with Gasteiger partial charge in [-0.3, -0.25) is 0 Å². The van der Waals surface area contributed by atoms with Crippen LogP contribution in [0.1, 0.15) is 77.4 Å². The number of unbranched alkanes of at least 4 members (excludes halogenated alkanes) is 3. The summed E-state index contributed by atoms with van der Waals surface area (Å²) in [4.78, 5) is 7.70. The van der Waals surface area contributed by atoms with E-state index in [1.54, 1.807) is 0 Å². The van der Waals surface area contributed by atoms with E-state index in [2.05, 4.69) is 139 Å². The van der Waals surface area contributed by atoms with Crippen LogP contribution in [0.2, 0.25) is 13.3 Å². The van der Waals surface area contributed by atoms with Crippen LogP contribution in [0.25, 0.3) is 11.0 Å². The summed E-state index contributed by atoms with van der Waals surface area (Å²) in [5.41, 5.74) is 5.59. The summed E-state index contributed by atoms with van der Waals surface area (Å²) >= 11 is -2.89. The third-order valence-electron chi connectivity index (χ3n) is 10.4. The van der Waals surface area contributed by atoms with Gasteiger partial charge in [-0.15, -0.1) is 0 Å². The number of hydrogen-bond donors (Lipinski definition) is 0. The van der Waals surface area contributed by atoms with Gasteiger partial charge in [0.2, 0.25) is 0 Å². The summed E-state index contributed by atoms with van der Waals surface area (Å²) in [7, 11) is 0. The van der Waals surface area contributed by atoms with Gasteiger partial charge in [0.1, 0.15) is 0 Å². The van der Waals surface area contributed by atoms with Crippen molar-refractivity contribution in [1.29, 1.82) is 0 Å². The Bertz CT molecular complexity index is 1550. The second-order valence-corrected chi connectivity index (χ2v) is 27.0. The average Bonchev–Trinajstić information content (AvgIpc) is 3.74. The van der Waals surface area contributed by atoms with Gasteiger partial charge >= 0.3 is 278 Å². The van der Waals surface area contributed by atoms with Gasteiger partial charge < -0.3 is 0 Å². The molecule has 1 fully saturated rings. The second-order valence-electron chi connectivity index (χ2n) is 13.2. The van der Waals surface area contributed by atoms with Crippen molar-refractivity contribution in [2.45, 2.75) is 94.8 Å². The molecule has 6 rings (SSSR count). The third kappa shape index (κ3) is 6.27. The van der Waals surface area contributed by atoms with Crippen LogP contribution in [0, 0.1) is 0 Å². The van der Waals surface area contributed by atoms with Crippen molar-refractivity contribution in [2.75, 3.05) is 0 Å². The maximum atomic E-state index is 9.04. The Hall–Kier alpha value is -2.89. The van der Waals surface area contributed by atoms with Gasteiger partial charge in [0, 0.05) is 0 Å². The predicted molar refractivity (Wildman–Crippen MR) is 193 cm³/mol. The molecule has 0 radical (unpaired) electrons. The fourth-order valence-electron chi connectivity index (χ4n) is 8.30. The Morgan fingerprint density at radius 3 is 1.56 bits per heavy atom. The number of rotatable bonds is 16. The molecule has 4 aromatic carbocycles. The van der Waals surface area contributed by atoms with Gasteiger partial charge in [0.25, 0.3) is 0 Å².